The lowest BCUT2D eigenvalue weighted by Crippen LogP contribution is -2.58. The van der Waals surface area contributed by atoms with E-state index in [0.717, 1.165) is 18.5 Å². The summed E-state index contributed by atoms with van der Waals surface area (Å²) in [6.07, 6.45) is 3.93. The fourth-order valence-electron chi connectivity index (χ4n) is 3.57. The van der Waals surface area contributed by atoms with Crippen LogP contribution in [-0.4, -0.2) is 17.5 Å². The highest BCUT2D eigenvalue weighted by Crippen LogP contribution is 2.42. The number of allylic oxidation sites excluding steroid dienone is 1. The van der Waals surface area contributed by atoms with Crippen LogP contribution in [0.3, 0.4) is 0 Å². The number of hydrogen-bond acceptors (Lipinski definition) is 3. The normalized spacial score (nSPS) is 17.5. The third-order valence-corrected chi connectivity index (χ3v) is 4.41. The Morgan fingerprint density at radius 2 is 2.05 bits per heavy atom. The van der Waals surface area contributed by atoms with Crippen LogP contribution in [0.1, 0.15) is 51.7 Å². The van der Waals surface area contributed by atoms with Crippen LogP contribution in [0.25, 0.3) is 5.57 Å². The van der Waals surface area contributed by atoms with Gasteiger partial charge in [-0.2, -0.15) is 0 Å². The van der Waals surface area contributed by atoms with Crippen LogP contribution in [0.4, 0.5) is 5.69 Å². The number of hydrazine groups is 1. The molecule has 0 saturated carbocycles. The Balaban J connectivity index is 2.65. The van der Waals surface area contributed by atoms with Gasteiger partial charge in [-0.3, -0.25) is 10.2 Å². The number of anilines is 1. The molecule has 0 radical (unpaired) electrons. The molecule has 1 atom stereocenters. The van der Waals surface area contributed by atoms with Crippen molar-refractivity contribution in [1.29, 1.82) is 0 Å². The lowest BCUT2D eigenvalue weighted by molar-refractivity contribution is -0.122. The highest BCUT2D eigenvalue weighted by molar-refractivity contribution is 5.90. The second-order valence-electron chi connectivity index (χ2n) is 6.64. The van der Waals surface area contributed by atoms with E-state index in [2.05, 4.69) is 69.2 Å². The minimum absolute atomic E-state index is 0.128. The van der Waals surface area contributed by atoms with Gasteiger partial charge in [0.05, 0.1) is 5.54 Å². The van der Waals surface area contributed by atoms with Crippen molar-refractivity contribution in [3.05, 3.63) is 35.4 Å². The van der Waals surface area contributed by atoms with Crippen molar-refractivity contribution in [2.45, 2.75) is 59.0 Å². The summed E-state index contributed by atoms with van der Waals surface area (Å²) in [5, 5.41) is 0. The molecule has 2 rings (SSSR count). The number of carbonyl (C=O) groups excluding carboxylic acids is 1. The number of fused-ring (bicyclic) bond motifs is 1. The van der Waals surface area contributed by atoms with E-state index in [4.69, 9.17) is 5.84 Å². The van der Waals surface area contributed by atoms with E-state index in [0.29, 0.717) is 0 Å². The lowest BCUT2D eigenvalue weighted by Gasteiger charge is -2.47. The Hall–Kier alpha value is -1.81. The number of rotatable bonds is 4. The van der Waals surface area contributed by atoms with Gasteiger partial charge in [0.15, 0.2) is 0 Å². The number of hydrogen-bond donors (Lipinski definition) is 2. The Morgan fingerprint density at radius 1 is 1.36 bits per heavy atom. The van der Waals surface area contributed by atoms with E-state index >= 15 is 0 Å². The molecule has 1 aliphatic heterocycles. The number of benzene rings is 1. The number of carbonyl (C=O) groups is 1. The summed E-state index contributed by atoms with van der Waals surface area (Å²) in [5.74, 6) is 5.31. The second kappa shape index (κ2) is 6.13. The van der Waals surface area contributed by atoms with Crippen molar-refractivity contribution in [2.75, 3.05) is 4.90 Å². The van der Waals surface area contributed by atoms with Crippen LogP contribution in [0.5, 0.6) is 0 Å². The Bertz CT molecular complexity index is 604. The summed E-state index contributed by atoms with van der Waals surface area (Å²) in [4.78, 5) is 14.6. The van der Waals surface area contributed by atoms with Gasteiger partial charge < -0.3 is 4.90 Å². The van der Waals surface area contributed by atoms with Gasteiger partial charge in [0.2, 0.25) is 0 Å². The van der Waals surface area contributed by atoms with Crippen LogP contribution >= 0.6 is 0 Å². The zero-order chi connectivity index (χ0) is 16.5. The third-order valence-electron chi connectivity index (χ3n) is 4.41. The molecule has 1 aliphatic rings. The highest BCUT2D eigenvalue weighted by Gasteiger charge is 2.39. The van der Waals surface area contributed by atoms with E-state index in [9.17, 15) is 4.79 Å². The molecule has 120 valence electrons. The first-order valence-corrected chi connectivity index (χ1v) is 7.92. The van der Waals surface area contributed by atoms with E-state index in [1.54, 1.807) is 0 Å². The van der Waals surface area contributed by atoms with E-state index in [1.165, 1.54) is 16.7 Å². The minimum atomic E-state index is -0.269. The predicted molar refractivity (Wildman–Crippen MR) is 92.4 cm³/mol. The number of amides is 1. The monoisotopic (exact) mass is 301 g/mol. The number of aryl methyl sites for hydroxylation is 1. The fraction of sp³-hybridized carbons (Fsp3) is 0.500. The van der Waals surface area contributed by atoms with Crippen LogP contribution in [-0.2, 0) is 4.79 Å². The fourth-order valence-corrected chi connectivity index (χ4v) is 3.57. The lowest BCUT2D eigenvalue weighted by atomic mass is 9.85. The van der Waals surface area contributed by atoms with E-state index < -0.39 is 0 Å². The molecule has 0 aromatic heterocycles. The summed E-state index contributed by atoms with van der Waals surface area (Å²) in [5.41, 5.74) is 6.89. The summed E-state index contributed by atoms with van der Waals surface area (Å²) >= 11 is 0. The van der Waals surface area contributed by atoms with Crippen LogP contribution < -0.4 is 16.2 Å². The first kappa shape index (κ1) is 16.6. The summed E-state index contributed by atoms with van der Waals surface area (Å²) in [7, 11) is 0. The summed E-state index contributed by atoms with van der Waals surface area (Å²) in [6.45, 7) is 10.6. The number of nitrogens with one attached hydrogen (secondary N) is 1. The Kier molecular flexibility index (Phi) is 4.61. The number of nitrogens with zero attached hydrogens (tertiary/aromatic N) is 1. The van der Waals surface area contributed by atoms with Crippen molar-refractivity contribution in [2.24, 2.45) is 5.84 Å². The average Bonchev–Trinajstić information content (AvgIpc) is 2.45. The van der Waals surface area contributed by atoms with Crippen LogP contribution in [0.2, 0.25) is 0 Å². The molecule has 0 aliphatic carbocycles. The van der Waals surface area contributed by atoms with E-state index in [1.807, 2.05) is 0 Å². The van der Waals surface area contributed by atoms with Crippen molar-refractivity contribution < 1.29 is 4.79 Å². The number of nitrogens with two attached hydrogens (primary N) is 1. The molecule has 4 heteroatoms. The van der Waals surface area contributed by atoms with Gasteiger partial charge in [-0.15, -0.1) is 0 Å². The predicted octanol–water partition coefficient (Wildman–Crippen LogP) is 3.16. The second-order valence-corrected chi connectivity index (χ2v) is 6.64. The molecule has 1 aromatic rings. The molecule has 3 N–H and O–H groups in total. The van der Waals surface area contributed by atoms with Crippen molar-refractivity contribution in [1.82, 2.24) is 5.43 Å². The molecule has 1 heterocycles. The van der Waals surface area contributed by atoms with Gasteiger partial charge in [-0.1, -0.05) is 37.6 Å². The van der Waals surface area contributed by atoms with E-state index in [-0.39, 0.29) is 17.5 Å². The average molecular weight is 301 g/mol. The van der Waals surface area contributed by atoms with Gasteiger partial charge in [-0.25, -0.2) is 5.84 Å². The van der Waals surface area contributed by atoms with Crippen molar-refractivity contribution in [3.8, 4) is 0 Å². The zero-order valence-electron chi connectivity index (χ0n) is 14.2. The van der Waals surface area contributed by atoms with Gasteiger partial charge in [0.1, 0.15) is 6.04 Å². The molecule has 0 bridgehead atoms. The molecule has 22 heavy (non-hydrogen) atoms. The first-order chi connectivity index (χ1) is 10.3. The smallest absolute Gasteiger partial charge is 0.256 e. The van der Waals surface area contributed by atoms with Crippen LogP contribution in [0, 0.1) is 6.92 Å². The highest BCUT2D eigenvalue weighted by atomic mass is 16.2. The topological polar surface area (TPSA) is 58.4 Å². The standard InChI is InChI=1S/C18H27N3O/c1-6-8-15(17(22)20-19)21-16-12(2)9-7-10-14(16)13(3)11-18(21,4)5/h7,9-11,15H,6,8,19H2,1-5H3,(H,20,22)/t15-/m1/s1. The third kappa shape index (κ3) is 2.75. The van der Waals surface area contributed by atoms with Gasteiger partial charge >= 0.3 is 0 Å². The maximum absolute atomic E-state index is 12.4. The molecule has 4 nitrogen and oxygen atoms in total. The summed E-state index contributed by atoms with van der Waals surface area (Å²) in [6, 6.07) is 6.03. The minimum Gasteiger partial charge on any atom is -0.350 e. The van der Waals surface area contributed by atoms with Gasteiger partial charge in [0, 0.05) is 11.3 Å². The Morgan fingerprint density at radius 3 is 2.64 bits per heavy atom. The zero-order valence-corrected chi connectivity index (χ0v) is 14.2. The SMILES string of the molecule is CCC[C@H](C(=O)NN)N1c2c(C)cccc2C(C)=CC1(C)C. The quantitative estimate of drug-likeness (QED) is 0.510. The first-order valence-electron chi connectivity index (χ1n) is 7.92. The molecule has 1 amide bonds. The maximum Gasteiger partial charge on any atom is 0.256 e. The van der Waals surface area contributed by atoms with Crippen LogP contribution in [0.15, 0.2) is 24.3 Å². The molecular formula is C18H27N3O. The van der Waals surface area contributed by atoms with Gasteiger partial charge in [-0.05, 0) is 45.3 Å². The molecule has 0 saturated heterocycles. The maximum atomic E-state index is 12.4. The van der Waals surface area contributed by atoms with Crippen molar-refractivity contribution in [3.63, 3.8) is 0 Å². The molecule has 0 fully saturated rings. The van der Waals surface area contributed by atoms with Crippen molar-refractivity contribution >= 4 is 17.2 Å². The number of para-hydroxylation sites is 1. The molecule has 1 aromatic carbocycles. The molecule has 0 spiro atoms. The largest absolute Gasteiger partial charge is 0.350 e. The Labute approximate surface area is 133 Å². The molecule has 0 unspecified atom stereocenters. The van der Waals surface area contributed by atoms with Gasteiger partial charge in [0.25, 0.3) is 5.91 Å². The summed E-state index contributed by atoms with van der Waals surface area (Å²) < 4.78 is 0. The molecular weight excluding hydrogens is 274 g/mol.